The molecule has 1 aromatic heterocycles. The minimum Gasteiger partial charge on any atom is -0.384 e. The smallest absolute Gasteiger partial charge is 0.245 e. The summed E-state index contributed by atoms with van der Waals surface area (Å²) >= 11 is 14.1. The second-order valence-electron chi connectivity index (χ2n) is 2.73. The van der Waals surface area contributed by atoms with Gasteiger partial charge in [0.2, 0.25) is 6.69 Å². The lowest BCUT2D eigenvalue weighted by atomic mass is 10.5. The van der Waals surface area contributed by atoms with Gasteiger partial charge in [0.25, 0.3) is 0 Å². The maximum Gasteiger partial charge on any atom is 0.245 e. The van der Waals surface area contributed by atoms with Crippen molar-refractivity contribution in [3.8, 4) is 0 Å². The van der Waals surface area contributed by atoms with Gasteiger partial charge in [0, 0.05) is 10.7 Å². The van der Waals surface area contributed by atoms with Crippen LogP contribution < -0.4 is 5.73 Å². The fraction of sp³-hybridized carbons (Fsp3) is 0.286. The van der Waals surface area contributed by atoms with Gasteiger partial charge in [0.05, 0.1) is 0 Å². The molecule has 0 aliphatic heterocycles. The molecule has 0 atom stereocenters. The van der Waals surface area contributed by atoms with Crippen molar-refractivity contribution in [2.75, 3.05) is 5.73 Å². The van der Waals surface area contributed by atoms with Crippen LogP contribution in [0.3, 0.4) is 0 Å². The van der Waals surface area contributed by atoms with Crippen molar-refractivity contribution in [2.24, 2.45) is 0 Å². The lowest BCUT2D eigenvalue weighted by molar-refractivity contribution is 1.32. The first-order valence-electron chi connectivity index (χ1n) is 3.54. The molecule has 0 fully saturated rings. The molecule has 0 bridgehead atoms. The highest BCUT2D eigenvalue weighted by atomic mass is 79.9. The van der Waals surface area contributed by atoms with Gasteiger partial charge in [0.1, 0.15) is 5.82 Å². The van der Waals surface area contributed by atoms with Crippen molar-refractivity contribution in [2.45, 2.75) is 13.1 Å². The van der Waals surface area contributed by atoms with Crippen molar-refractivity contribution in [3.63, 3.8) is 0 Å². The van der Waals surface area contributed by atoms with Crippen LogP contribution in [0.25, 0.3) is 0 Å². The van der Waals surface area contributed by atoms with E-state index in [2.05, 4.69) is 20.9 Å². The second-order valence-corrected chi connectivity index (χ2v) is 12.5. The van der Waals surface area contributed by atoms with Gasteiger partial charge in [-0.2, -0.15) is 0 Å². The van der Waals surface area contributed by atoms with Crippen molar-refractivity contribution in [3.05, 3.63) is 22.8 Å². The molecule has 0 unspecified atom stereocenters. The Morgan fingerprint density at radius 1 is 1.38 bits per heavy atom. The van der Waals surface area contributed by atoms with Crippen molar-refractivity contribution < 1.29 is 0 Å². The molecule has 13 heavy (non-hydrogen) atoms. The van der Waals surface area contributed by atoms with Crippen LogP contribution in [-0.2, 0) is 0 Å². The summed E-state index contributed by atoms with van der Waals surface area (Å²) in [4.78, 5) is 3.81. The molecule has 0 spiro atoms. The van der Waals surface area contributed by atoms with Crippen LogP contribution in [0, 0.1) is 0 Å². The number of aromatic nitrogens is 1. The minimum absolute atomic E-state index is 0.549. The van der Waals surface area contributed by atoms with Crippen molar-refractivity contribution in [1.29, 1.82) is 0 Å². The number of hydrogen-bond donors (Lipinski definition) is 1. The predicted octanol–water partition coefficient (Wildman–Crippen LogP) is 3.59. The lowest BCUT2D eigenvalue weighted by Crippen LogP contribution is -2.02. The quantitative estimate of drug-likeness (QED) is 0.587. The monoisotopic (exact) mass is 300 g/mol. The van der Waals surface area contributed by atoms with Gasteiger partial charge in [-0.15, -0.1) is 22.2 Å². The molecule has 2 N–H and O–H groups in total. The summed E-state index contributed by atoms with van der Waals surface area (Å²) in [5.41, 5.74) is 5.29. The minimum atomic E-state index is -1.67. The van der Waals surface area contributed by atoms with E-state index < -0.39 is 6.69 Å². The molecule has 0 aliphatic carbocycles. The molecule has 2 nitrogen and oxygen atoms in total. The summed E-state index contributed by atoms with van der Waals surface area (Å²) in [6, 6.07) is 3.59. The van der Waals surface area contributed by atoms with Gasteiger partial charge < -0.3 is 5.73 Å². The number of nitrogens with two attached hydrogens (primary N) is 1. The molecule has 0 aromatic carbocycles. The molecular weight excluding hydrogens is 291 g/mol. The van der Waals surface area contributed by atoms with E-state index in [1.54, 1.807) is 12.3 Å². The van der Waals surface area contributed by atoms with Crippen LogP contribution in [0.5, 0.6) is 0 Å². The molecule has 0 saturated carbocycles. The normalized spacial score (nSPS) is 10.2. The largest absolute Gasteiger partial charge is 0.384 e. The molecule has 0 radical (unpaired) electrons. The Balaban J connectivity index is 0.000000252. The summed E-state index contributed by atoms with van der Waals surface area (Å²) in [6.07, 6.45) is 1.66. The molecular formula is C7H11BrCl2N2Si. The predicted molar refractivity (Wildman–Crippen MR) is 65.5 cm³/mol. The molecule has 1 aromatic rings. The average molecular weight is 302 g/mol. The highest BCUT2D eigenvalue weighted by Gasteiger charge is 2.08. The number of anilines is 1. The highest BCUT2D eigenvalue weighted by molar-refractivity contribution is 9.10. The summed E-state index contributed by atoms with van der Waals surface area (Å²) in [7, 11) is 0. The Labute approximate surface area is 97.0 Å². The molecule has 0 saturated heterocycles. The van der Waals surface area contributed by atoms with Crippen LogP contribution in [-0.4, -0.2) is 11.7 Å². The molecule has 74 valence electrons. The van der Waals surface area contributed by atoms with E-state index in [4.69, 9.17) is 27.9 Å². The summed E-state index contributed by atoms with van der Waals surface area (Å²) in [5, 5.41) is 0. The number of rotatable bonds is 0. The van der Waals surface area contributed by atoms with E-state index in [0.717, 1.165) is 4.47 Å². The Morgan fingerprint density at radius 3 is 2.08 bits per heavy atom. The first-order chi connectivity index (χ1) is 5.79. The zero-order valence-corrected chi connectivity index (χ0v) is 11.5. The zero-order valence-electron chi connectivity index (χ0n) is 7.39. The van der Waals surface area contributed by atoms with E-state index in [1.807, 2.05) is 19.2 Å². The maximum absolute atomic E-state index is 5.43. The Bertz CT molecular complexity index is 221. The maximum atomic E-state index is 5.43. The highest BCUT2D eigenvalue weighted by Crippen LogP contribution is 2.10. The summed E-state index contributed by atoms with van der Waals surface area (Å²) in [5.74, 6) is 0.549. The molecule has 0 aliphatic rings. The second kappa shape index (κ2) is 5.85. The van der Waals surface area contributed by atoms with E-state index in [1.165, 1.54) is 0 Å². The van der Waals surface area contributed by atoms with Crippen LogP contribution in [0.1, 0.15) is 0 Å². The van der Waals surface area contributed by atoms with E-state index in [-0.39, 0.29) is 0 Å². The third-order valence-corrected chi connectivity index (χ3v) is 1.22. The molecule has 1 rings (SSSR count). The fourth-order valence-corrected chi connectivity index (χ4v) is 0.622. The number of nitrogens with zero attached hydrogens (tertiary/aromatic N) is 1. The molecule has 1 heterocycles. The van der Waals surface area contributed by atoms with Crippen molar-refractivity contribution in [1.82, 2.24) is 4.98 Å². The third kappa shape index (κ3) is 12.2. The molecule has 0 amide bonds. The zero-order chi connectivity index (χ0) is 10.5. The Morgan fingerprint density at radius 2 is 1.85 bits per heavy atom. The van der Waals surface area contributed by atoms with Gasteiger partial charge in [-0.3, -0.25) is 0 Å². The van der Waals surface area contributed by atoms with E-state index >= 15 is 0 Å². The number of hydrogen-bond acceptors (Lipinski definition) is 2. The SMILES string of the molecule is C[Si](C)(Cl)Cl.Nc1ccc(Br)cn1. The van der Waals surface area contributed by atoms with Crippen molar-refractivity contribution >= 4 is 50.6 Å². The van der Waals surface area contributed by atoms with Crippen LogP contribution >= 0.6 is 38.1 Å². The average Bonchev–Trinajstić information content (AvgIpc) is 1.92. The van der Waals surface area contributed by atoms with Crippen LogP contribution in [0.2, 0.25) is 13.1 Å². The number of halogens is 3. The van der Waals surface area contributed by atoms with Crippen LogP contribution in [0.4, 0.5) is 5.82 Å². The summed E-state index contributed by atoms with van der Waals surface area (Å²) in [6.45, 7) is 2.05. The first kappa shape index (κ1) is 13.2. The molecule has 6 heteroatoms. The Hall–Kier alpha value is 0.227. The number of pyridine rings is 1. The fourth-order valence-electron chi connectivity index (χ4n) is 0.387. The van der Waals surface area contributed by atoms with E-state index in [9.17, 15) is 0 Å². The first-order valence-corrected chi connectivity index (χ1v) is 9.35. The topological polar surface area (TPSA) is 38.9 Å². The Kier molecular flexibility index (Phi) is 5.95. The van der Waals surface area contributed by atoms with Gasteiger partial charge in [0.15, 0.2) is 0 Å². The van der Waals surface area contributed by atoms with Gasteiger partial charge in [-0.25, -0.2) is 4.98 Å². The third-order valence-electron chi connectivity index (χ3n) is 0.750. The van der Waals surface area contributed by atoms with Gasteiger partial charge in [-0.1, -0.05) is 0 Å². The van der Waals surface area contributed by atoms with Gasteiger partial charge >= 0.3 is 0 Å². The van der Waals surface area contributed by atoms with Crippen LogP contribution in [0.15, 0.2) is 22.8 Å². The standard InChI is InChI=1S/C5H5BrN2.C2H6Cl2Si/c6-4-1-2-5(7)8-3-4;1-5(2,3)4/h1-3H,(H2,7,8);1-2H3. The lowest BCUT2D eigenvalue weighted by Gasteiger charge is -1.93. The number of nitrogen functional groups attached to an aromatic ring is 1. The van der Waals surface area contributed by atoms with Gasteiger partial charge in [-0.05, 0) is 41.2 Å². The van der Waals surface area contributed by atoms with E-state index in [0.29, 0.717) is 5.82 Å². The summed E-state index contributed by atoms with van der Waals surface area (Å²) < 4.78 is 0.951.